The fourth-order valence-electron chi connectivity index (χ4n) is 1.08. The van der Waals surface area contributed by atoms with Gasteiger partial charge < -0.3 is 10.3 Å². The van der Waals surface area contributed by atoms with Gasteiger partial charge >= 0.3 is 0 Å². The zero-order valence-corrected chi connectivity index (χ0v) is 8.29. The van der Waals surface area contributed by atoms with Gasteiger partial charge in [-0.2, -0.15) is 4.98 Å². The topological polar surface area (TPSA) is 90.7 Å². The van der Waals surface area contributed by atoms with Gasteiger partial charge in [0, 0.05) is 12.4 Å². The Morgan fingerprint density at radius 2 is 2.33 bits per heavy atom. The lowest BCUT2D eigenvalue weighted by atomic mass is 10.2. The number of rotatable bonds is 3. The summed E-state index contributed by atoms with van der Waals surface area (Å²) < 4.78 is 5.02. The van der Waals surface area contributed by atoms with Gasteiger partial charge in [0.05, 0.1) is 12.2 Å². The van der Waals surface area contributed by atoms with Crippen LogP contribution >= 0.6 is 0 Å². The number of nitrogens with zero attached hydrogens (tertiary/aromatic N) is 4. The maximum atomic E-state index is 5.75. The van der Waals surface area contributed by atoms with Crippen LogP contribution in [-0.4, -0.2) is 20.1 Å². The lowest BCUT2D eigenvalue weighted by Gasteiger charge is -1.98. The van der Waals surface area contributed by atoms with E-state index in [4.69, 9.17) is 10.3 Å². The molecule has 0 fully saturated rings. The minimum absolute atomic E-state index is 0.220. The second kappa shape index (κ2) is 4.14. The average Bonchev–Trinajstić information content (AvgIpc) is 2.78. The Morgan fingerprint density at radius 3 is 3.00 bits per heavy atom. The summed E-state index contributed by atoms with van der Waals surface area (Å²) in [6.45, 7) is 1.96. The van der Waals surface area contributed by atoms with Gasteiger partial charge in [-0.25, -0.2) is 4.98 Å². The molecule has 0 aliphatic rings. The van der Waals surface area contributed by atoms with Crippen molar-refractivity contribution in [3.63, 3.8) is 0 Å². The Kier molecular flexibility index (Phi) is 2.68. The van der Waals surface area contributed by atoms with Gasteiger partial charge in [-0.3, -0.25) is 4.98 Å². The van der Waals surface area contributed by atoms with E-state index >= 15 is 0 Å². The molecule has 0 aliphatic carbocycles. The second-order valence-corrected chi connectivity index (χ2v) is 3.06. The largest absolute Gasteiger partial charge is 0.337 e. The van der Waals surface area contributed by atoms with Gasteiger partial charge in [0.15, 0.2) is 0 Å². The first kappa shape index (κ1) is 9.72. The molecule has 0 bridgehead atoms. The maximum Gasteiger partial charge on any atom is 0.243 e. The van der Waals surface area contributed by atoms with Crippen LogP contribution in [0.15, 0.2) is 23.1 Å². The van der Waals surface area contributed by atoms with Crippen LogP contribution in [0.2, 0.25) is 0 Å². The molecule has 0 unspecified atom stereocenters. The third kappa shape index (κ3) is 1.99. The molecule has 0 aromatic carbocycles. The molecule has 6 heteroatoms. The summed E-state index contributed by atoms with van der Waals surface area (Å²) in [5, 5.41) is 3.79. The molecule has 2 aromatic rings. The predicted molar refractivity (Wildman–Crippen MR) is 52.5 cm³/mol. The Labute approximate surface area is 86.5 Å². The van der Waals surface area contributed by atoms with Crippen molar-refractivity contribution in [3.05, 3.63) is 24.5 Å². The van der Waals surface area contributed by atoms with Crippen LogP contribution in [0.5, 0.6) is 0 Å². The Morgan fingerprint density at radius 1 is 1.47 bits per heavy atom. The smallest absolute Gasteiger partial charge is 0.243 e. The summed E-state index contributed by atoms with van der Waals surface area (Å²) in [5.41, 5.74) is 6.33. The van der Waals surface area contributed by atoms with E-state index in [2.05, 4.69) is 20.1 Å². The van der Waals surface area contributed by atoms with Crippen molar-refractivity contribution in [3.8, 4) is 11.5 Å². The highest BCUT2D eigenvalue weighted by molar-refractivity contribution is 5.45. The highest BCUT2D eigenvalue weighted by Gasteiger charge is 2.14. The van der Waals surface area contributed by atoms with Gasteiger partial charge in [0.25, 0.3) is 0 Å². The zero-order chi connectivity index (χ0) is 10.7. The van der Waals surface area contributed by atoms with E-state index in [1.54, 1.807) is 18.6 Å². The highest BCUT2D eigenvalue weighted by atomic mass is 16.5. The maximum absolute atomic E-state index is 5.75. The van der Waals surface area contributed by atoms with Crippen LogP contribution in [0.25, 0.3) is 11.5 Å². The van der Waals surface area contributed by atoms with Crippen molar-refractivity contribution in [2.24, 2.45) is 5.73 Å². The highest BCUT2D eigenvalue weighted by Crippen LogP contribution is 2.15. The van der Waals surface area contributed by atoms with E-state index in [0.717, 1.165) is 6.42 Å². The standard InChI is InChI=1S/C9H11N5O/c1-2-6(10)9-13-8(14-15-9)7-5-11-3-4-12-7/h3-6H,2,10H2,1H3/t6-/m0/s1. The lowest BCUT2D eigenvalue weighted by molar-refractivity contribution is 0.352. The fraction of sp³-hybridized carbons (Fsp3) is 0.333. The normalized spacial score (nSPS) is 12.7. The zero-order valence-electron chi connectivity index (χ0n) is 8.29. The second-order valence-electron chi connectivity index (χ2n) is 3.06. The monoisotopic (exact) mass is 205 g/mol. The number of nitrogens with two attached hydrogens (primary N) is 1. The van der Waals surface area contributed by atoms with Crippen LogP contribution in [0.3, 0.4) is 0 Å². The van der Waals surface area contributed by atoms with Crippen molar-refractivity contribution < 1.29 is 4.52 Å². The molecule has 2 aromatic heterocycles. The van der Waals surface area contributed by atoms with Crippen molar-refractivity contribution in [1.82, 2.24) is 20.1 Å². The van der Waals surface area contributed by atoms with E-state index in [0.29, 0.717) is 17.4 Å². The third-order valence-corrected chi connectivity index (χ3v) is 1.99. The average molecular weight is 205 g/mol. The first-order chi connectivity index (χ1) is 7.31. The van der Waals surface area contributed by atoms with E-state index in [1.165, 1.54) is 0 Å². The summed E-state index contributed by atoms with van der Waals surface area (Å²) in [4.78, 5) is 12.1. The molecule has 1 atom stereocenters. The quantitative estimate of drug-likeness (QED) is 0.801. The molecular formula is C9H11N5O. The first-order valence-corrected chi connectivity index (χ1v) is 4.67. The molecule has 0 aliphatic heterocycles. The molecule has 0 radical (unpaired) electrons. The molecule has 0 spiro atoms. The summed E-state index contributed by atoms with van der Waals surface area (Å²) >= 11 is 0. The molecule has 6 nitrogen and oxygen atoms in total. The minimum Gasteiger partial charge on any atom is -0.337 e. The Bertz CT molecular complexity index is 427. The molecule has 2 heterocycles. The fourth-order valence-corrected chi connectivity index (χ4v) is 1.08. The number of hydrogen-bond donors (Lipinski definition) is 1. The van der Waals surface area contributed by atoms with Crippen LogP contribution < -0.4 is 5.73 Å². The van der Waals surface area contributed by atoms with Crippen molar-refractivity contribution in [1.29, 1.82) is 0 Å². The number of aromatic nitrogens is 4. The van der Waals surface area contributed by atoms with Gasteiger partial charge in [0.1, 0.15) is 5.69 Å². The number of hydrogen-bond acceptors (Lipinski definition) is 6. The minimum atomic E-state index is -0.220. The van der Waals surface area contributed by atoms with Crippen LogP contribution in [0.1, 0.15) is 25.3 Å². The SMILES string of the molecule is CC[C@H](N)c1nc(-c2cnccn2)no1. The third-order valence-electron chi connectivity index (χ3n) is 1.99. The van der Waals surface area contributed by atoms with E-state index in [-0.39, 0.29) is 6.04 Å². The molecule has 2 rings (SSSR count). The van der Waals surface area contributed by atoms with Gasteiger partial charge in [-0.05, 0) is 6.42 Å². The molecule has 15 heavy (non-hydrogen) atoms. The van der Waals surface area contributed by atoms with Crippen LogP contribution in [-0.2, 0) is 0 Å². The molecule has 78 valence electrons. The van der Waals surface area contributed by atoms with E-state index in [9.17, 15) is 0 Å². The summed E-state index contributed by atoms with van der Waals surface area (Å²) in [5.74, 6) is 0.847. The van der Waals surface area contributed by atoms with E-state index in [1.807, 2.05) is 6.92 Å². The van der Waals surface area contributed by atoms with Gasteiger partial charge in [-0.1, -0.05) is 12.1 Å². The molecule has 0 saturated carbocycles. The van der Waals surface area contributed by atoms with Gasteiger partial charge in [0.2, 0.25) is 11.7 Å². The van der Waals surface area contributed by atoms with Crippen LogP contribution in [0.4, 0.5) is 0 Å². The van der Waals surface area contributed by atoms with Crippen molar-refractivity contribution in [2.45, 2.75) is 19.4 Å². The first-order valence-electron chi connectivity index (χ1n) is 4.67. The molecule has 0 amide bonds. The molecular weight excluding hydrogens is 194 g/mol. The summed E-state index contributed by atoms with van der Waals surface area (Å²) in [6.07, 6.45) is 5.49. The summed E-state index contributed by atoms with van der Waals surface area (Å²) in [6, 6.07) is -0.220. The lowest BCUT2D eigenvalue weighted by Crippen LogP contribution is -2.08. The molecule has 2 N–H and O–H groups in total. The Hall–Kier alpha value is -1.82. The van der Waals surface area contributed by atoms with E-state index < -0.39 is 0 Å². The van der Waals surface area contributed by atoms with Crippen LogP contribution in [0, 0.1) is 0 Å². The molecule has 0 saturated heterocycles. The van der Waals surface area contributed by atoms with Crippen molar-refractivity contribution in [2.75, 3.05) is 0 Å². The predicted octanol–water partition coefficient (Wildman–Crippen LogP) is 0.936. The van der Waals surface area contributed by atoms with Crippen molar-refractivity contribution >= 4 is 0 Å². The van der Waals surface area contributed by atoms with Gasteiger partial charge in [-0.15, -0.1) is 0 Å². The Balaban J connectivity index is 2.28. The summed E-state index contributed by atoms with van der Waals surface area (Å²) in [7, 11) is 0.